The molecule has 0 spiro atoms. The monoisotopic (exact) mass is 685 g/mol. The molecule has 3 N–H and O–H groups in total. The molecular formula is C37H43N5O6S. The molecule has 7 rings (SSSR count). The van der Waals surface area contributed by atoms with Gasteiger partial charge in [-0.25, -0.2) is 8.42 Å². The number of aromatic nitrogens is 1. The van der Waals surface area contributed by atoms with E-state index < -0.39 is 50.3 Å². The van der Waals surface area contributed by atoms with Crippen LogP contribution in [0.4, 0.5) is 5.69 Å². The number of hydrogen-bond donors (Lipinski definition) is 3. The number of benzene rings is 2. The largest absolute Gasteiger partial charge is 0.488 e. The predicted molar refractivity (Wildman–Crippen MR) is 186 cm³/mol. The molecule has 2 aliphatic carbocycles. The number of ether oxygens (including phenoxy) is 1. The van der Waals surface area contributed by atoms with Crippen LogP contribution in [0.5, 0.6) is 5.75 Å². The van der Waals surface area contributed by atoms with Crippen molar-refractivity contribution < 1.29 is 27.5 Å². The van der Waals surface area contributed by atoms with E-state index in [0.717, 1.165) is 42.3 Å². The van der Waals surface area contributed by atoms with Gasteiger partial charge in [0, 0.05) is 29.6 Å². The van der Waals surface area contributed by atoms with Crippen LogP contribution in [0.3, 0.4) is 0 Å². The number of carbonyl (C=O) groups excluding carboxylic acids is 3. The van der Waals surface area contributed by atoms with E-state index in [0.29, 0.717) is 25.0 Å². The first-order chi connectivity index (χ1) is 23.6. The molecule has 2 aromatic carbocycles. The second-order valence-electron chi connectivity index (χ2n) is 14.1. The van der Waals surface area contributed by atoms with Gasteiger partial charge in [0.15, 0.2) is 0 Å². The topological polar surface area (TPSA) is 147 Å². The summed E-state index contributed by atoms with van der Waals surface area (Å²) in [7, 11) is -3.93. The molecule has 3 aromatic rings. The van der Waals surface area contributed by atoms with E-state index in [1.165, 1.54) is 0 Å². The molecule has 12 heteroatoms. The van der Waals surface area contributed by atoms with Crippen LogP contribution < -0.4 is 20.1 Å². The third-order valence-corrected chi connectivity index (χ3v) is 12.7. The van der Waals surface area contributed by atoms with Crippen molar-refractivity contribution in [2.45, 2.75) is 93.2 Å². The standard InChI is InChI=1S/C37H43N5O6S/c1-36(19-20-36)49(46,47)41-35(45)37-23-25(37)12-6-3-2-4-9-17-30(39-26-13-7-5-8-14-26)34(44)42-24-27(22-31(42)33(43)40-37)48-32-18-21-38-29-16-11-10-15-28(29)32/h5-8,10-16,18,21,25,27,30-31,39H,2-4,9,17,19-20,22-24H2,1H3,(H,40,43)(H,41,45)/b12-6-/t25-,27+,30-,31-,37+/m0/s1. The van der Waals surface area contributed by atoms with Crippen molar-refractivity contribution in [2.24, 2.45) is 5.92 Å². The van der Waals surface area contributed by atoms with Crippen LogP contribution in [0.2, 0.25) is 0 Å². The van der Waals surface area contributed by atoms with E-state index in [4.69, 9.17) is 4.74 Å². The highest BCUT2D eigenvalue weighted by Gasteiger charge is 2.63. The Morgan fingerprint density at radius 2 is 1.80 bits per heavy atom. The summed E-state index contributed by atoms with van der Waals surface area (Å²) >= 11 is 0. The van der Waals surface area contributed by atoms with Gasteiger partial charge in [0.25, 0.3) is 5.91 Å². The third-order valence-electron chi connectivity index (χ3n) is 10.5. The summed E-state index contributed by atoms with van der Waals surface area (Å²) in [6.45, 7) is 1.78. The Hall–Kier alpha value is -4.45. The lowest BCUT2D eigenvalue weighted by molar-refractivity contribution is -0.140. The van der Waals surface area contributed by atoms with Crippen LogP contribution in [-0.2, 0) is 24.4 Å². The summed E-state index contributed by atoms with van der Waals surface area (Å²) in [4.78, 5) is 48.6. The van der Waals surface area contributed by atoms with Gasteiger partial charge in [-0.15, -0.1) is 0 Å². The van der Waals surface area contributed by atoms with Crippen molar-refractivity contribution in [3.05, 3.63) is 79.0 Å². The highest BCUT2D eigenvalue weighted by molar-refractivity contribution is 7.91. The normalized spacial score (nSPS) is 29.0. The van der Waals surface area contributed by atoms with Crippen molar-refractivity contribution in [2.75, 3.05) is 11.9 Å². The second kappa shape index (κ2) is 13.1. The minimum Gasteiger partial charge on any atom is -0.488 e. The van der Waals surface area contributed by atoms with Crippen molar-refractivity contribution in [1.29, 1.82) is 0 Å². The lowest BCUT2D eigenvalue weighted by atomic mass is 10.0. The molecule has 2 saturated carbocycles. The summed E-state index contributed by atoms with van der Waals surface area (Å²) < 4.78 is 34.0. The number of anilines is 1. The number of pyridine rings is 1. The molecule has 0 bridgehead atoms. The SMILES string of the molecule is CC1(S(=O)(=O)NC(=O)[C@@]23C[C@@H]2/C=C\CCCCC[C@H](Nc2ccccc2)C(=O)N2C[C@H](Oc4ccnc5ccccc45)C[C@H]2C(=O)N3)CC1. The highest BCUT2D eigenvalue weighted by Crippen LogP contribution is 2.47. The summed E-state index contributed by atoms with van der Waals surface area (Å²) in [5.74, 6) is -1.22. The Morgan fingerprint density at radius 3 is 2.59 bits per heavy atom. The zero-order chi connectivity index (χ0) is 34.2. The van der Waals surface area contributed by atoms with Gasteiger partial charge in [-0.2, -0.15) is 0 Å². The van der Waals surface area contributed by atoms with Crippen molar-refractivity contribution in [1.82, 2.24) is 19.9 Å². The Bertz CT molecular complexity index is 1870. The number of allylic oxidation sites excluding steroid dienone is 1. The van der Waals surface area contributed by atoms with Crippen molar-refractivity contribution in [3.8, 4) is 5.75 Å². The van der Waals surface area contributed by atoms with Gasteiger partial charge in [-0.05, 0) is 75.8 Å². The van der Waals surface area contributed by atoms with Gasteiger partial charge in [0.2, 0.25) is 21.8 Å². The molecule has 0 radical (unpaired) electrons. The lowest BCUT2D eigenvalue weighted by Crippen LogP contribution is -2.58. The molecule has 1 aromatic heterocycles. The first kappa shape index (κ1) is 33.1. The molecule has 3 heterocycles. The Labute approximate surface area is 286 Å². The lowest BCUT2D eigenvalue weighted by Gasteiger charge is -2.30. The van der Waals surface area contributed by atoms with Crippen LogP contribution >= 0.6 is 0 Å². The van der Waals surface area contributed by atoms with Crippen LogP contribution in [0, 0.1) is 5.92 Å². The first-order valence-corrected chi connectivity index (χ1v) is 18.7. The fraction of sp³-hybridized carbons (Fsp3) is 0.459. The molecule has 11 nitrogen and oxygen atoms in total. The average molecular weight is 686 g/mol. The molecule has 2 aliphatic heterocycles. The summed E-state index contributed by atoms with van der Waals surface area (Å²) in [5.41, 5.74) is 0.146. The number of carbonyl (C=O) groups is 3. The molecule has 0 unspecified atom stereocenters. The van der Waals surface area contributed by atoms with E-state index in [2.05, 4.69) is 20.3 Å². The van der Waals surface area contributed by atoms with Gasteiger partial charge in [0.1, 0.15) is 29.5 Å². The number of nitrogens with one attached hydrogen (secondary N) is 3. The average Bonchev–Trinajstić information content (AvgIpc) is 3.97. The smallest absolute Gasteiger partial charge is 0.259 e. The number of fused-ring (bicyclic) bond motifs is 3. The maximum Gasteiger partial charge on any atom is 0.259 e. The zero-order valence-corrected chi connectivity index (χ0v) is 28.5. The fourth-order valence-corrected chi connectivity index (χ4v) is 8.35. The molecule has 258 valence electrons. The summed E-state index contributed by atoms with van der Waals surface area (Å²) in [5, 5.41) is 7.19. The zero-order valence-electron chi connectivity index (χ0n) is 27.6. The highest BCUT2D eigenvalue weighted by atomic mass is 32.2. The number of amides is 3. The molecule has 3 amide bonds. The molecule has 3 fully saturated rings. The Morgan fingerprint density at radius 1 is 1.02 bits per heavy atom. The van der Waals surface area contributed by atoms with Crippen molar-refractivity contribution in [3.63, 3.8) is 0 Å². The minimum atomic E-state index is -3.93. The molecule has 1 saturated heterocycles. The van der Waals surface area contributed by atoms with Gasteiger partial charge >= 0.3 is 0 Å². The quantitative estimate of drug-likeness (QED) is 0.309. The van der Waals surface area contributed by atoms with Gasteiger partial charge in [-0.1, -0.05) is 55.3 Å². The van der Waals surface area contributed by atoms with Crippen LogP contribution in [0.15, 0.2) is 79.0 Å². The van der Waals surface area contributed by atoms with E-state index in [9.17, 15) is 22.8 Å². The minimum absolute atomic E-state index is 0.163. The molecule has 49 heavy (non-hydrogen) atoms. The first-order valence-electron chi connectivity index (χ1n) is 17.3. The fourth-order valence-electron chi connectivity index (χ4n) is 7.03. The van der Waals surface area contributed by atoms with E-state index in [1.54, 1.807) is 24.1 Å². The Balaban J connectivity index is 1.20. The molecule has 4 aliphatic rings. The summed E-state index contributed by atoms with van der Waals surface area (Å²) in [6, 6.07) is 17.4. The number of nitrogens with zero attached hydrogens (tertiary/aromatic N) is 2. The van der Waals surface area contributed by atoms with Crippen LogP contribution in [0.25, 0.3) is 10.9 Å². The van der Waals surface area contributed by atoms with Crippen LogP contribution in [0.1, 0.15) is 64.7 Å². The van der Waals surface area contributed by atoms with E-state index >= 15 is 0 Å². The Kier molecular flexibility index (Phi) is 8.85. The number of sulfonamides is 1. The number of hydrogen-bond acceptors (Lipinski definition) is 8. The second-order valence-corrected chi connectivity index (χ2v) is 16.3. The van der Waals surface area contributed by atoms with E-state index in [-0.39, 0.29) is 31.2 Å². The predicted octanol–water partition coefficient (Wildman–Crippen LogP) is 4.46. The third kappa shape index (κ3) is 6.75. The summed E-state index contributed by atoms with van der Waals surface area (Å²) in [6.07, 6.45) is 10.5. The maximum atomic E-state index is 14.5. The van der Waals surface area contributed by atoms with Crippen molar-refractivity contribution >= 4 is 44.3 Å². The van der Waals surface area contributed by atoms with Crippen LogP contribution in [-0.4, -0.2) is 71.0 Å². The maximum absolute atomic E-state index is 14.5. The van der Waals surface area contributed by atoms with Gasteiger partial charge in [0.05, 0.1) is 16.8 Å². The molecular weight excluding hydrogens is 643 g/mol. The van der Waals surface area contributed by atoms with Gasteiger partial charge < -0.3 is 20.3 Å². The number of para-hydroxylation sites is 2. The molecule has 5 atom stereocenters. The van der Waals surface area contributed by atoms with Gasteiger partial charge in [-0.3, -0.25) is 24.1 Å². The number of rotatable bonds is 7. The van der Waals surface area contributed by atoms with E-state index in [1.807, 2.05) is 66.7 Å².